The van der Waals surface area contributed by atoms with E-state index < -0.39 is 0 Å². The summed E-state index contributed by atoms with van der Waals surface area (Å²) in [6.45, 7) is 4.91. The summed E-state index contributed by atoms with van der Waals surface area (Å²) < 4.78 is 16.0. The first-order valence-corrected chi connectivity index (χ1v) is 10.9. The number of morpholine rings is 1. The summed E-state index contributed by atoms with van der Waals surface area (Å²) >= 11 is 1.46. The van der Waals surface area contributed by atoms with Crippen LogP contribution < -0.4 is 22.0 Å². The fourth-order valence-corrected chi connectivity index (χ4v) is 4.24. The lowest BCUT2D eigenvalue weighted by Crippen LogP contribution is -3.00. The van der Waals surface area contributed by atoms with Crippen LogP contribution in [0.1, 0.15) is 17.0 Å². The van der Waals surface area contributed by atoms with Crippen LogP contribution in [0, 0.1) is 0 Å². The van der Waals surface area contributed by atoms with Gasteiger partial charge in [-0.1, -0.05) is 0 Å². The first-order valence-electron chi connectivity index (χ1n) is 10.00. The van der Waals surface area contributed by atoms with E-state index in [4.69, 9.17) is 18.9 Å². The molecule has 0 spiro atoms. The topological polar surface area (TPSA) is 68.0 Å². The monoisotopic (exact) mass is 462 g/mol. The Bertz CT molecular complexity index is 940. The van der Waals surface area contributed by atoms with Crippen molar-refractivity contribution in [1.82, 2.24) is 9.88 Å². The number of ether oxygens (including phenoxy) is 2. The third-order valence-corrected chi connectivity index (χ3v) is 5.91. The van der Waals surface area contributed by atoms with Gasteiger partial charge in [-0.15, -0.1) is 11.3 Å². The van der Waals surface area contributed by atoms with E-state index in [-0.39, 0.29) is 18.3 Å². The van der Waals surface area contributed by atoms with Crippen LogP contribution in [0.25, 0.3) is 11.3 Å². The Kier molecular flexibility index (Phi) is 8.48. The van der Waals surface area contributed by atoms with E-state index in [1.807, 2.05) is 29.6 Å². The maximum Gasteiger partial charge on any atom is 0.295 e. The zero-order valence-corrected chi connectivity index (χ0v) is 18.9. The second-order valence-electron chi connectivity index (χ2n) is 6.99. The lowest BCUT2D eigenvalue weighted by atomic mass is 10.2. The molecule has 0 aliphatic carbocycles. The molecule has 0 unspecified atom stereocenters. The van der Waals surface area contributed by atoms with Gasteiger partial charge in [-0.05, 0) is 42.8 Å². The van der Waals surface area contributed by atoms with Crippen LogP contribution in [0.2, 0.25) is 0 Å². The lowest BCUT2D eigenvalue weighted by Gasteiger charge is -2.27. The van der Waals surface area contributed by atoms with Crippen molar-refractivity contribution in [1.29, 1.82) is 0 Å². The predicted molar refractivity (Wildman–Crippen MR) is 116 cm³/mol. The molecule has 9 heteroatoms. The molecule has 1 amide bonds. The smallest absolute Gasteiger partial charge is 0.295 e. The van der Waals surface area contributed by atoms with Gasteiger partial charge in [0.05, 0.1) is 32.3 Å². The van der Waals surface area contributed by atoms with Gasteiger partial charge >= 0.3 is 0 Å². The molecule has 31 heavy (non-hydrogen) atoms. The van der Waals surface area contributed by atoms with E-state index in [1.165, 1.54) is 17.6 Å². The minimum atomic E-state index is -0.169. The van der Waals surface area contributed by atoms with E-state index in [1.54, 1.807) is 24.1 Å². The normalized spacial score (nSPS) is 14.1. The molecular formula is C22H25ClN3O4S-. The summed E-state index contributed by atoms with van der Waals surface area (Å²) in [7, 11) is 1.64. The molecule has 0 atom stereocenters. The second kappa shape index (κ2) is 11.3. The highest BCUT2D eigenvalue weighted by atomic mass is 35.5. The number of hydrogen-bond acceptors (Lipinski definition) is 7. The van der Waals surface area contributed by atoms with Gasteiger partial charge in [-0.3, -0.25) is 14.6 Å². The fraction of sp³-hybridized carbons (Fsp3) is 0.364. The summed E-state index contributed by atoms with van der Waals surface area (Å²) in [5.74, 6) is 0.951. The average molecular weight is 463 g/mol. The number of rotatable bonds is 8. The summed E-state index contributed by atoms with van der Waals surface area (Å²) in [6.07, 6.45) is 2.37. The number of methoxy groups -OCH3 is 1. The highest BCUT2D eigenvalue weighted by molar-refractivity contribution is 7.14. The highest BCUT2D eigenvalue weighted by Crippen LogP contribution is 2.29. The molecule has 2 aromatic heterocycles. The average Bonchev–Trinajstić information content (AvgIpc) is 3.50. The molecule has 0 N–H and O–H groups in total. The number of furan rings is 1. The Hall–Kier alpha value is -2.39. The van der Waals surface area contributed by atoms with Crippen LogP contribution in [0.5, 0.6) is 5.75 Å². The van der Waals surface area contributed by atoms with E-state index >= 15 is 0 Å². The van der Waals surface area contributed by atoms with Gasteiger partial charge in [0.2, 0.25) is 0 Å². The van der Waals surface area contributed by atoms with Crippen molar-refractivity contribution in [2.45, 2.75) is 6.42 Å². The molecule has 1 saturated heterocycles. The van der Waals surface area contributed by atoms with Crippen molar-refractivity contribution >= 4 is 22.4 Å². The van der Waals surface area contributed by atoms with E-state index in [0.29, 0.717) is 17.4 Å². The van der Waals surface area contributed by atoms with Gasteiger partial charge in [0.25, 0.3) is 5.91 Å². The number of halogens is 1. The van der Waals surface area contributed by atoms with Crippen LogP contribution in [-0.4, -0.2) is 62.3 Å². The van der Waals surface area contributed by atoms with Crippen molar-refractivity contribution in [3.8, 4) is 17.0 Å². The van der Waals surface area contributed by atoms with Crippen molar-refractivity contribution in [3.63, 3.8) is 0 Å². The Morgan fingerprint density at radius 1 is 1.23 bits per heavy atom. The number of nitrogens with zero attached hydrogens (tertiary/aromatic N) is 3. The molecular weight excluding hydrogens is 438 g/mol. The maximum absolute atomic E-state index is 13.1. The van der Waals surface area contributed by atoms with Crippen LogP contribution >= 0.6 is 11.3 Å². The maximum atomic E-state index is 13.1. The number of thiazole rings is 1. The largest absolute Gasteiger partial charge is 1.00 e. The first-order chi connectivity index (χ1) is 14.7. The number of anilines is 1. The van der Waals surface area contributed by atoms with Gasteiger partial charge in [-0.2, -0.15) is 0 Å². The predicted octanol–water partition coefficient (Wildman–Crippen LogP) is 0.785. The molecule has 0 saturated carbocycles. The molecule has 3 heterocycles. The van der Waals surface area contributed by atoms with Crippen LogP contribution in [-0.2, 0) is 4.74 Å². The third kappa shape index (κ3) is 5.86. The van der Waals surface area contributed by atoms with Crippen LogP contribution in [0.3, 0.4) is 0 Å². The van der Waals surface area contributed by atoms with E-state index in [9.17, 15) is 4.79 Å². The third-order valence-electron chi connectivity index (χ3n) is 5.05. The van der Waals surface area contributed by atoms with Crippen LogP contribution in [0.4, 0.5) is 5.13 Å². The SMILES string of the molecule is COc1ccc(-c2csc(N(CCCN3CCOCC3)C(=O)c3ccco3)n2)cc1.[Cl-]. The zero-order valence-electron chi connectivity index (χ0n) is 17.3. The molecule has 0 bridgehead atoms. The second-order valence-corrected chi connectivity index (χ2v) is 7.82. The fourth-order valence-electron chi connectivity index (χ4n) is 3.38. The Balaban J connectivity index is 0.00000272. The molecule has 166 valence electrons. The summed E-state index contributed by atoms with van der Waals surface area (Å²) in [5.41, 5.74) is 1.82. The lowest BCUT2D eigenvalue weighted by molar-refractivity contribution is -0.0000153. The van der Waals surface area contributed by atoms with Crippen molar-refractivity contribution in [3.05, 3.63) is 53.8 Å². The van der Waals surface area contributed by atoms with E-state index in [0.717, 1.165) is 56.3 Å². The van der Waals surface area contributed by atoms with Gasteiger partial charge in [-0.25, -0.2) is 4.98 Å². The summed E-state index contributed by atoms with van der Waals surface area (Å²) in [6, 6.07) is 11.2. The molecule has 7 nitrogen and oxygen atoms in total. The molecule has 1 fully saturated rings. The van der Waals surface area contributed by atoms with Gasteiger partial charge in [0.15, 0.2) is 10.9 Å². The molecule has 0 radical (unpaired) electrons. The summed E-state index contributed by atoms with van der Waals surface area (Å²) in [4.78, 5) is 21.9. The number of benzene rings is 1. The standard InChI is InChI=1S/C22H25N3O4S.ClH/c1-27-18-7-5-17(6-8-18)19-16-30-22(23-19)25(21(26)20-4-2-13-29-20)10-3-9-24-11-14-28-15-12-24;/h2,4-8,13,16H,3,9-12,14-15H2,1H3;1H/p-1. The number of aromatic nitrogens is 1. The highest BCUT2D eigenvalue weighted by Gasteiger charge is 2.23. The Morgan fingerprint density at radius 2 is 2.00 bits per heavy atom. The Morgan fingerprint density at radius 3 is 2.68 bits per heavy atom. The number of carbonyl (C=O) groups is 1. The number of amides is 1. The molecule has 1 aliphatic heterocycles. The van der Waals surface area contributed by atoms with E-state index in [2.05, 4.69) is 4.90 Å². The molecule has 1 aromatic carbocycles. The van der Waals surface area contributed by atoms with Crippen molar-refractivity contribution in [2.24, 2.45) is 0 Å². The summed E-state index contributed by atoms with van der Waals surface area (Å²) in [5, 5.41) is 2.64. The Labute approximate surface area is 192 Å². The number of hydrogen-bond donors (Lipinski definition) is 0. The van der Waals surface area contributed by atoms with Crippen molar-refractivity contribution in [2.75, 3.05) is 51.4 Å². The first kappa shape index (κ1) is 23.3. The quantitative estimate of drug-likeness (QED) is 0.493. The van der Waals surface area contributed by atoms with Gasteiger partial charge in [0.1, 0.15) is 5.75 Å². The minimum Gasteiger partial charge on any atom is -1.00 e. The zero-order chi connectivity index (χ0) is 20.8. The van der Waals surface area contributed by atoms with Crippen molar-refractivity contribution < 1.29 is 31.1 Å². The molecule has 3 aromatic rings. The van der Waals surface area contributed by atoms with Gasteiger partial charge in [0, 0.05) is 37.1 Å². The number of carbonyl (C=O) groups excluding carboxylic acids is 1. The minimum absolute atomic E-state index is 0. The molecule has 4 rings (SSSR count). The van der Waals surface area contributed by atoms with Gasteiger partial charge < -0.3 is 26.3 Å². The molecule has 1 aliphatic rings. The van der Waals surface area contributed by atoms with Crippen LogP contribution in [0.15, 0.2) is 52.5 Å².